The van der Waals surface area contributed by atoms with Crippen molar-refractivity contribution in [1.82, 2.24) is 4.90 Å². The Balaban J connectivity index is 1.34. The Bertz CT molecular complexity index is 704. The summed E-state index contributed by atoms with van der Waals surface area (Å²) in [5, 5.41) is 3.00. The van der Waals surface area contributed by atoms with Gasteiger partial charge in [-0.15, -0.1) is 0 Å². The summed E-state index contributed by atoms with van der Waals surface area (Å²) in [6.07, 6.45) is 5.32. The number of nitrogens with zero attached hydrogens (tertiary/aromatic N) is 2. The highest BCUT2D eigenvalue weighted by Gasteiger charge is 2.38. The van der Waals surface area contributed by atoms with Gasteiger partial charge in [0.05, 0.1) is 18.1 Å². The van der Waals surface area contributed by atoms with Gasteiger partial charge in [0, 0.05) is 43.5 Å². The lowest BCUT2D eigenvalue weighted by atomic mass is 10.1. The predicted octanol–water partition coefficient (Wildman–Crippen LogP) is 3.03. The lowest BCUT2D eigenvalue weighted by molar-refractivity contribution is -0.129. The molecule has 3 fully saturated rings. The highest BCUT2D eigenvalue weighted by molar-refractivity contribution is 5.97. The van der Waals surface area contributed by atoms with Crippen molar-refractivity contribution < 1.29 is 14.3 Å². The average Bonchev–Trinajstić information content (AvgIpc) is 3.31. The molecule has 2 amide bonds. The van der Waals surface area contributed by atoms with Gasteiger partial charge < -0.3 is 19.9 Å². The van der Waals surface area contributed by atoms with Gasteiger partial charge in [0.25, 0.3) is 0 Å². The van der Waals surface area contributed by atoms with E-state index < -0.39 is 0 Å². The Morgan fingerprint density at radius 3 is 2.32 bits per heavy atom. The largest absolute Gasteiger partial charge is 0.372 e. The van der Waals surface area contributed by atoms with Crippen LogP contribution in [-0.2, 0) is 14.3 Å². The fourth-order valence-corrected chi connectivity index (χ4v) is 4.86. The zero-order valence-corrected chi connectivity index (χ0v) is 16.9. The fraction of sp³-hybridized carbons (Fsp3) is 0.636. The number of carbonyl (C=O) groups is 2. The number of hydrogen-bond acceptors (Lipinski definition) is 4. The molecule has 3 unspecified atom stereocenters. The Morgan fingerprint density at radius 2 is 1.68 bits per heavy atom. The number of likely N-dealkylation sites (tertiary alicyclic amines) is 1. The number of nitrogens with one attached hydrogen (secondary N) is 1. The molecule has 6 nitrogen and oxygen atoms in total. The van der Waals surface area contributed by atoms with E-state index in [1.165, 1.54) is 12.8 Å². The van der Waals surface area contributed by atoms with Crippen LogP contribution in [0.2, 0.25) is 0 Å². The highest BCUT2D eigenvalue weighted by Crippen LogP contribution is 2.30. The SMILES string of the molecule is CC1CN(c2ccc(NC(=O)C3CC(=O)N(C4CCCC4)C3)cc2)CC(C)O1. The van der Waals surface area contributed by atoms with Crippen LogP contribution in [0.4, 0.5) is 11.4 Å². The quantitative estimate of drug-likeness (QED) is 0.865. The minimum Gasteiger partial charge on any atom is -0.372 e. The predicted molar refractivity (Wildman–Crippen MR) is 109 cm³/mol. The van der Waals surface area contributed by atoms with Crippen LogP contribution in [0.3, 0.4) is 0 Å². The molecule has 3 aliphatic rings. The molecule has 0 spiro atoms. The number of amides is 2. The molecule has 6 heteroatoms. The van der Waals surface area contributed by atoms with Crippen molar-refractivity contribution in [2.45, 2.75) is 64.2 Å². The summed E-state index contributed by atoms with van der Waals surface area (Å²) in [5.74, 6) is -0.151. The van der Waals surface area contributed by atoms with Gasteiger partial charge >= 0.3 is 0 Å². The van der Waals surface area contributed by atoms with Crippen LogP contribution in [0.25, 0.3) is 0 Å². The van der Waals surface area contributed by atoms with Gasteiger partial charge in [-0.05, 0) is 51.0 Å². The van der Waals surface area contributed by atoms with Crippen molar-refractivity contribution >= 4 is 23.2 Å². The molecule has 1 aromatic rings. The number of morpholine rings is 1. The molecule has 2 aliphatic heterocycles. The maximum absolute atomic E-state index is 12.7. The van der Waals surface area contributed by atoms with E-state index in [1.807, 2.05) is 29.2 Å². The number of anilines is 2. The van der Waals surface area contributed by atoms with Crippen LogP contribution in [0.15, 0.2) is 24.3 Å². The Morgan fingerprint density at radius 1 is 1.04 bits per heavy atom. The van der Waals surface area contributed by atoms with E-state index in [9.17, 15) is 9.59 Å². The highest BCUT2D eigenvalue weighted by atomic mass is 16.5. The van der Waals surface area contributed by atoms with Crippen molar-refractivity contribution in [3.8, 4) is 0 Å². The second-order valence-corrected chi connectivity index (χ2v) is 8.58. The Hall–Kier alpha value is -2.08. The lowest BCUT2D eigenvalue weighted by Crippen LogP contribution is -2.45. The summed E-state index contributed by atoms with van der Waals surface area (Å²) >= 11 is 0. The first-order valence-electron chi connectivity index (χ1n) is 10.6. The molecule has 28 heavy (non-hydrogen) atoms. The molecule has 3 atom stereocenters. The van der Waals surface area contributed by atoms with Gasteiger partial charge in [0.15, 0.2) is 0 Å². The topological polar surface area (TPSA) is 61.9 Å². The van der Waals surface area contributed by atoms with Gasteiger partial charge in [-0.2, -0.15) is 0 Å². The fourth-order valence-electron chi connectivity index (χ4n) is 4.86. The summed E-state index contributed by atoms with van der Waals surface area (Å²) in [4.78, 5) is 29.3. The van der Waals surface area contributed by atoms with Gasteiger partial charge in [0.2, 0.25) is 11.8 Å². The number of ether oxygens (including phenoxy) is 1. The van der Waals surface area contributed by atoms with E-state index in [0.717, 1.165) is 37.3 Å². The van der Waals surface area contributed by atoms with E-state index in [-0.39, 0.29) is 29.9 Å². The second kappa shape index (κ2) is 8.11. The van der Waals surface area contributed by atoms with Crippen LogP contribution in [-0.4, -0.2) is 54.6 Å². The minimum absolute atomic E-state index is 0.0461. The standard InChI is InChI=1S/C22H31N3O3/c1-15-12-24(13-16(2)28-15)19-9-7-18(8-10-19)23-22(27)17-11-21(26)25(14-17)20-5-3-4-6-20/h7-10,15-17,20H,3-6,11-14H2,1-2H3,(H,23,27). The molecule has 0 bridgehead atoms. The van der Waals surface area contributed by atoms with Crippen LogP contribution >= 0.6 is 0 Å². The molecule has 1 saturated carbocycles. The first-order chi connectivity index (χ1) is 13.5. The average molecular weight is 386 g/mol. The van der Waals surface area contributed by atoms with Gasteiger partial charge in [0.1, 0.15) is 0 Å². The van der Waals surface area contributed by atoms with Crippen LogP contribution in [0, 0.1) is 5.92 Å². The maximum Gasteiger partial charge on any atom is 0.229 e. The molecule has 2 saturated heterocycles. The smallest absolute Gasteiger partial charge is 0.229 e. The van der Waals surface area contributed by atoms with Crippen molar-refractivity contribution in [3.05, 3.63) is 24.3 Å². The second-order valence-electron chi connectivity index (χ2n) is 8.58. The minimum atomic E-state index is -0.242. The molecular weight excluding hydrogens is 354 g/mol. The van der Waals surface area contributed by atoms with Crippen molar-refractivity contribution in [1.29, 1.82) is 0 Å². The molecule has 4 rings (SSSR count). The third kappa shape index (κ3) is 4.17. The number of hydrogen-bond donors (Lipinski definition) is 1. The molecule has 0 aromatic heterocycles. The molecule has 1 aliphatic carbocycles. The molecular formula is C22H31N3O3. The molecule has 1 aromatic carbocycles. The summed E-state index contributed by atoms with van der Waals surface area (Å²) in [7, 11) is 0. The van der Waals surface area contributed by atoms with E-state index in [4.69, 9.17) is 4.74 Å². The van der Waals surface area contributed by atoms with Gasteiger partial charge in [-0.25, -0.2) is 0 Å². The number of rotatable bonds is 4. The van der Waals surface area contributed by atoms with E-state index in [1.54, 1.807) is 0 Å². The van der Waals surface area contributed by atoms with E-state index in [0.29, 0.717) is 19.0 Å². The van der Waals surface area contributed by atoms with Crippen molar-refractivity contribution in [3.63, 3.8) is 0 Å². The Kier molecular flexibility index (Phi) is 5.58. The van der Waals surface area contributed by atoms with Crippen molar-refractivity contribution in [2.75, 3.05) is 29.9 Å². The number of benzene rings is 1. The lowest BCUT2D eigenvalue weighted by Gasteiger charge is -2.36. The number of carbonyl (C=O) groups excluding carboxylic acids is 2. The Labute approximate surface area is 167 Å². The van der Waals surface area contributed by atoms with Gasteiger partial charge in [-0.3, -0.25) is 9.59 Å². The maximum atomic E-state index is 12.7. The molecule has 152 valence electrons. The normalized spacial score (nSPS) is 28.8. The zero-order chi connectivity index (χ0) is 19.7. The van der Waals surface area contributed by atoms with Crippen molar-refractivity contribution in [2.24, 2.45) is 5.92 Å². The monoisotopic (exact) mass is 385 g/mol. The molecule has 0 radical (unpaired) electrons. The zero-order valence-electron chi connectivity index (χ0n) is 16.9. The third-order valence-corrected chi connectivity index (χ3v) is 6.21. The molecule has 2 heterocycles. The summed E-state index contributed by atoms with van der Waals surface area (Å²) < 4.78 is 5.80. The van der Waals surface area contributed by atoms with Crippen LogP contribution < -0.4 is 10.2 Å². The summed E-state index contributed by atoms with van der Waals surface area (Å²) in [6.45, 7) is 6.50. The summed E-state index contributed by atoms with van der Waals surface area (Å²) in [6, 6.07) is 8.34. The first-order valence-corrected chi connectivity index (χ1v) is 10.6. The van der Waals surface area contributed by atoms with E-state index >= 15 is 0 Å². The first kappa shape index (κ1) is 19.2. The van der Waals surface area contributed by atoms with Gasteiger partial charge in [-0.1, -0.05) is 12.8 Å². The van der Waals surface area contributed by atoms with Crippen LogP contribution in [0.5, 0.6) is 0 Å². The third-order valence-electron chi connectivity index (χ3n) is 6.21. The molecule has 1 N–H and O–H groups in total. The van der Waals surface area contributed by atoms with E-state index in [2.05, 4.69) is 24.1 Å². The summed E-state index contributed by atoms with van der Waals surface area (Å²) in [5.41, 5.74) is 1.93. The van der Waals surface area contributed by atoms with Crippen LogP contribution in [0.1, 0.15) is 46.0 Å².